The summed E-state index contributed by atoms with van der Waals surface area (Å²) in [4.78, 5) is 15.3. The van der Waals surface area contributed by atoms with Crippen molar-refractivity contribution in [2.24, 2.45) is 0 Å². The lowest BCUT2D eigenvalue weighted by Crippen LogP contribution is -2.43. The Bertz CT molecular complexity index is 857. The molecule has 2 aromatic carbocycles. The molecule has 1 aliphatic rings. The lowest BCUT2D eigenvalue weighted by atomic mass is 10.0. The van der Waals surface area contributed by atoms with Gasteiger partial charge >= 0.3 is 0 Å². The number of ether oxygens (including phenoxy) is 5. The number of benzene rings is 2. The fourth-order valence-corrected chi connectivity index (χ4v) is 3.70. The van der Waals surface area contributed by atoms with Gasteiger partial charge in [-0.25, -0.2) is 0 Å². The first-order chi connectivity index (χ1) is 15.1. The highest BCUT2D eigenvalue weighted by Gasteiger charge is 2.24. The molecule has 1 fully saturated rings. The van der Waals surface area contributed by atoms with Gasteiger partial charge in [-0.15, -0.1) is 0 Å². The van der Waals surface area contributed by atoms with Crippen molar-refractivity contribution in [3.8, 4) is 23.0 Å². The van der Waals surface area contributed by atoms with Crippen LogP contribution in [0.1, 0.15) is 22.0 Å². The standard InChI is InChI=1S/C23H30N2O6/c1-27-18-7-5-6-16(12-18)19(25-8-10-31-11-9-25)15-24-23(26)17-13-20(28-2)22(30-4)21(14-17)29-3/h5-7,12-14,19H,8-11,15H2,1-4H3,(H,24,26)/t19-/m0/s1. The minimum Gasteiger partial charge on any atom is -0.497 e. The summed E-state index contributed by atoms with van der Waals surface area (Å²) in [5.41, 5.74) is 1.51. The van der Waals surface area contributed by atoms with Crippen LogP contribution in [0.5, 0.6) is 23.0 Å². The van der Waals surface area contributed by atoms with E-state index in [9.17, 15) is 4.79 Å². The summed E-state index contributed by atoms with van der Waals surface area (Å²) in [6.07, 6.45) is 0. The second-order valence-electron chi connectivity index (χ2n) is 7.06. The molecule has 0 aliphatic carbocycles. The van der Waals surface area contributed by atoms with Crippen molar-refractivity contribution < 1.29 is 28.5 Å². The van der Waals surface area contributed by atoms with Crippen LogP contribution in [-0.2, 0) is 4.74 Å². The van der Waals surface area contributed by atoms with Gasteiger partial charge in [-0.3, -0.25) is 9.69 Å². The third kappa shape index (κ3) is 5.39. The molecule has 8 heteroatoms. The third-order valence-corrected chi connectivity index (χ3v) is 5.35. The summed E-state index contributed by atoms with van der Waals surface area (Å²) in [7, 11) is 6.22. The predicted octanol–water partition coefficient (Wildman–Crippen LogP) is 2.52. The summed E-state index contributed by atoms with van der Waals surface area (Å²) < 4.78 is 27.0. The molecule has 8 nitrogen and oxygen atoms in total. The topological polar surface area (TPSA) is 78.5 Å². The summed E-state index contributed by atoms with van der Waals surface area (Å²) in [6, 6.07) is 11.2. The van der Waals surface area contributed by atoms with Gasteiger partial charge in [0.25, 0.3) is 5.91 Å². The van der Waals surface area contributed by atoms with Gasteiger partial charge in [-0.05, 0) is 29.8 Å². The van der Waals surface area contributed by atoms with Gasteiger partial charge in [-0.1, -0.05) is 12.1 Å². The SMILES string of the molecule is COc1cccc([C@H](CNC(=O)c2cc(OC)c(OC)c(OC)c2)N2CCOCC2)c1. The molecular weight excluding hydrogens is 400 g/mol. The minimum atomic E-state index is -0.222. The van der Waals surface area contributed by atoms with Gasteiger partial charge < -0.3 is 29.0 Å². The molecule has 2 aromatic rings. The maximum absolute atomic E-state index is 13.0. The number of hydrogen-bond acceptors (Lipinski definition) is 7. The number of methoxy groups -OCH3 is 4. The average molecular weight is 431 g/mol. The molecule has 1 atom stereocenters. The molecule has 0 unspecified atom stereocenters. The molecule has 0 aromatic heterocycles. The maximum atomic E-state index is 13.0. The number of hydrogen-bond donors (Lipinski definition) is 1. The van der Waals surface area contributed by atoms with Crippen molar-refractivity contribution in [1.82, 2.24) is 10.2 Å². The molecule has 0 spiro atoms. The first kappa shape index (κ1) is 22.7. The van der Waals surface area contributed by atoms with Crippen LogP contribution in [0.2, 0.25) is 0 Å². The highest BCUT2D eigenvalue weighted by atomic mass is 16.5. The molecule has 0 bridgehead atoms. The number of carbonyl (C=O) groups excluding carboxylic acids is 1. The van der Waals surface area contributed by atoms with E-state index < -0.39 is 0 Å². The van der Waals surface area contributed by atoms with E-state index in [0.717, 1.165) is 24.4 Å². The Balaban J connectivity index is 1.81. The van der Waals surface area contributed by atoms with E-state index in [1.807, 2.05) is 24.3 Å². The molecule has 3 rings (SSSR count). The largest absolute Gasteiger partial charge is 0.497 e. The Morgan fingerprint density at radius 2 is 1.68 bits per heavy atom. The van der Waals surface area contributed by atoms with Crippen LogP contribution in [0.4, 0.5) is 0 Å². The lowest BCUT2D eigenvalue weighted by Gasteiger charge is -2.35. The fourth-order valence-electron chi connectivity index (χ4n) is 3.70. The first-order valence-corrected chi connectivity index (χ1v) is 10.1. The third-order valence-electron chi connectivity index (χ3n) is 5.35. The molecule has 1 amide bonds. The van der Waals surface area contributed by atoms with Gasteiger partial charge in [0.1, 0.15) is 5.75 Å². The highest BCUT2D eigenvalue weighted by molar-refractivity contribution is 5.95. The Kier molecular flexibility index (Phi) is 7.97. The molecular formula is C23H30N2O6. The molecule has 0 saturated carbocycles. The number of morpholine rings is 1. The van der Waals surface area contributed by atoms with Crippen molar-refractivity contribution in [2.75, 3.05) is 61.3 Å². The van der Waals surface area contributed by atoms with Crippen LogP contribution in [0, 0.1) is 0 Å². The van der Waals surface area contributed by atoms with Crippen LogP contribution >= 0.6 is 0 Å². The second kappa shape index (κ2) is 10.9. The van der Waals surface area contributed by atoms with Crippen molar-refractivity contribution in [3.05, 3.63) is 47.5 Å². The fraction of sp³-hybridized carbons (Fsp3) is 0.435. The molecule has 1 saturated heterocycles. The molecule has 1 N–H and O–H groups in total. The van der Waals surface area contributed by atoms with E-state index in [4.69, 9.17) is 23.7 Å². The van der Waals surface area contributed by atoms with Crippen LogP contribution < -0.4 is 24.3 Å². The monoisotopic (exact) mass is 430 g/mol. The highest BCUT2D eigenvalue weighted by Crippen LogP contribution is 2.38. The van der Waals surface area contributed by atoms with E-state index in [0.29, 0.717) is 42.6 Å². The molecule has 31 heavy (non-hydrogen) atoms. The van der Waals surface area contributed by atoms with E-state index in [1.54, 1.807) is 19.2 Å². The number of amides is 1. The zero-order valence-electron chi connectivity index (χ0n) is 18.5. The number of rotatable bonds is 9. The van der Waals surface area contributed by atoms with E-state index in [1.165, 1.54) is 21.3 Å². The zero-order valence-corrected chi connectivity index (χ0v) is 18.5. The van der Waals surface area contributed by atoms with Crippen molar-refractivity contribution in [3.63, 3.8) is 0 Å². The zero-order chi connectivity index (χ0) is 22.2. The Morgan fingerprint density at radius 3 is 2.26 bits per heavy atom. The van der Waals surface area contributed by atoms with Crippen molar-refractivity contribution in [2.45, 2.75) is 6.04 Å². The summed E-state index contributed by atoms with van der Waals surface area (Å²) in [5.74, 6) is 1.88. The summed E-state index contributed by atoms with van der Waals surface area (Å²) >= 11 is 0. The van der Waals surface area contributed by atoms with Crippen LogP contribution in [-0.4, -0.2) is 72.1 Å². The lowest BCUT2D eigenvalue weighted by molar-refractivity contribution is 0.0162. The quantitative estimate of drug-likeness (QED) is 0.655. The number of nitrogens with one attached hydrogen (secondary N) is 1. The average Bonchev–Trinajstić information content (AvgIpc) is 2.83. The van der Waals surface area contributed by atoms with Gasteiger partial charge in [-0.2, -0.15) is 0 Å². The molecule has 1 aliphatic heterocycles. The van der Waals surface area contributed by atoms with Crippen molar-refractivity contribution in [1.29, 1.82) is 0 Å². The Labute approximate surface area is 183 Å². The second-order valence-corrected chi connectivity index (χ2v) is 7.06. The van der Waals surface area contributed by atoms with E-state index in [2.05, 4.69) is 10.2 Å². The Hall–Kier alpha value is -2.97. The van der Waals surface area contributed by atoms with Crippen LogP contribution in [0.25, 0.3) is 0 Å². The van der Waals surface area contributed by atoms with Crippen LogP contribution in [0.15, 0.2) is 36.4 Å². The van der Waals surface area contributed by atoms with E-state index >= 15 is 0 Å². The predicted molar refractivity (Wildman–Crippen MR) is 117 cm³/mol. The van der Waals surface area contributed by atoms with Gasteiger partial charge in [0.15, 0.2) is 11.5 Å². The number of carbonyl (C=O) groups is 1. The molecule has 168 valence electrons. The normalized spacial score (nSPS) is 15.1. The minimum absolute atomic E-state index is 0.00927. The van der Waals surface area contributed by atoms with Gasteiger partial charge in [0.2, 0.25) is 5.75 Å². The van der Waals surface area contributed by atoms with Crippen molar-refractivity contribution >= 4 is 5.91 Å². The first-order valence-electron chi connectivity index (χ1n) is 10.1. The molecule has 0 radical (unpaired) electrons. The summed E-state index contributed by atoms with van der Waals surface area (Å²) in [5, 5.41) is 3.06. The van der Waals surface area contributed by atoms with E-state index in [-0.39, 0.29) is 11.9 Å². The molecule has 1 heterocycles. The number of nitrogens with zero attached hydrogens (tertiary/aromatic N) is 1. The Morgan fingerprint density at radius 1 is 1.00 bits per heavy atom. The van der Waals surface area contributed by atoms with Gasteiger partial charge in [0, 0.05) is 25.2 Å². The maximum Gasteiger partial charge on any atom is 0.251 e. The van der Waals surface area contributed by atoms with Gasteiger partial charge in [0.05, 0.1) is 47.7 Å². The summed E-state index contributed by atoms with van der Waals surface area (Å²) in [6.45, 7) is 3.36. The smallest absolute Gasteiger partial charge is 0.251 e. The van der Waals surface area contributed by atoms with Crippen LogP contribution in [0.3, 0.4) is 0 Å².